The van der Waals surface area contributed by atoms with Crippen molar-refractivity contribution in [3.8, 4) is 0 Å². The summed E-state index contributed by atoms with van der Waals surface area (Å²) in [6.45, 7) is 4.13. The van der Waals surface area contributed by atoms with Crippen LogP contribution in [0.5, 0.6) is 0 Å². The molecule has 3 rings (SSSR count). The van der Waals surface area contributed by atoms with E-state index < -0.39 is 15.8 Å². The number of likely N-dealkylation sites (tertiary alicyclic amines) is 1. The highest BCUT2D eigenvalue weighted by Gasteiger charge is 2.27. The standard InChI is InChI=1S/C23H30FN3O3S/c1-18-3-9-22(10-4-18)31(29,30)27(21-7-5-20(24)6-8-21)17-23(28)25-14-11-19-12-15-26(2)16-13-19/h3-10,19H,11-17H2,1-2H3,(H,25,28). The van der Waals surface area contributed by atoms with E-state index in [1.54, 1.807) is 12.1 Å². The number of halogens is 1. The van der Waals surface area contributed by atoms with Gasteiger partial charge in [-0.05, 0) is 88.6 Å². The summed E-state index contributed by atoms with van der Waals surface area (Å²) >= 11 is 0. The van der Waals surface area contributed by atoms with Crippen LogP contribution in [0.25, 0.3) is 0 Å². The summed E-state index contributed by atoms with van der Waals surface area (Å²) in [5.41, 5.74) is 1.17. The fraction of sp³-hybridized carbons (Fsp3) is 0.435. The first-order valence-corrected chi connectivity index (χ1v) is 12.0. The Morgan fingerprint density at radius 1 is 1.10 bits per heavy atom. The second-order valence-electron chi connectivity index (χ2n) is 8.19. The number of piperidine rings is 1. The number of carbonyl (C=O) groups is 1. The first kappa shape index (κ1) is 23.2. The number of aryl methyl sites for hydroxylation is 1. The Balaban J connectivity index is 1.70. The van der Waals surface area contributed by atoms with Crippen molar-refractivity contribution < 1.29 is 17.6 Å². The van der Waals surface area contributed by atoms with Crippen molar-refractivity contribution >= 4 is 21.6 Å². The van der Waals surface area contributed by atoms with Gasteiger partial charge in [-0.3, -0.25) is 9.10 Å². The molecule has 1 amide bonds. The van der Waals surface area contributed by atoms with Crippen LogP contribution < -0.4 is 9.62 Å². The van der Waals surface area contributed by atoms with E-state index in [2.05, 4.69) is 17.3 Å². The molecule has 0 bridgehead atoms. The summed E-state index contributed by atoms with van der Waals surface area (Å²) in [6.07, 6.45) is 3.09. The molecule has 6 nitrogen and oxygen atoms in total. The highest BCUT2D eigenvalue weighted by molar-refractivity contribution is 7.92. The van der Waals surface area contributed by atoms with Crippen LogP contribution in [0.3, 0.4) is 0 Å². The molecule has 1 aliphatic rings. The predicted molar refractivity (Wildman–Crippen MR) is 120 cm³/mol. The quantitative estimate of drug-likeness (QED) is 0.675. The minimum atomic E-state index is -3.99. The summed E-state index contributed by atoms with van der Waals surface area (Å²) in [7, 11) is -1.88. The summed E-state index contributed by atoms with van der Waals surface area (Å²) in [5, 5.41) is 2.85. The van der Waals surface area contributed by atoms with Crippen LogP contribution in [-0.2, 0) is 14.8 Å². The average Bonchev–Trinajstić information content (AvgIpc) is 2.74. The van der Waals surface area contributed by atoms with Crippen LogP contribution in [-0.4, -0.2) is 52.5 Å². The van der Waals surface area contributed by atoms with Gasteiger partial charge in [0.15, 0.2) is 0 Å². The van der Waals surface area contributed by atoms with Crippen molar-refractivity contribution in [1.82, 2.24) is 10.2 Å². The average molecular weight is 448 g/mol. The fourth-order valence-electron chi connectivity index (χ4n) is 3.71. The predicted octanol–water partition coefficient (Wildman–Crippen LogP) is 3.18. The highest BCUT2D eigenvalue weighted by Crippen LogP contribution is 2.24. The second-order valence-corrected chi connectivity index (χ2v) is 10.0. The smallest absolute Gasteiger partial charge is 0.264 e. The zero-order chi connectivity index (χ0) is 22.4. The van der Waals surface area contributed by atoms with Crippen LogP contribution in [0.2, 0.25) is 0 Å². The first-order valence-electron chi connectivity index (χ1n) is 10.6. The highest BCUT2D eigenvalue weighted by atomic mass is 32.2. The van der Waals surface area contributed by atoms with E-state index in [0.29, 0.717) is 12.5 Å². The SMILES string of the molecule is Cc1ccc(S(=O)(=O)N(CC(=O)NCCC2CCN(C)CC2)c2ccc(F)cc2)cc1. The third kappa shape index (κ3) is 6.27. The van der Waals surface area contributed by atoms with E-state index in [4.69, 9.17) is 0 Å². The monoisotopic (exact) mass is 447 g/mol. The largest absolute Gasteiger partial charge is 0.355 e. The summed E-state index contributed by atoms with van der Waals surface area (Å²) in [6, 6.07) is 11.5. The lowest BCUT2D eigenvalue weighted by atomic mass is 9.94. The van der Waals surface area contributed by atoms with E-state index in [1.807, 2.05) is 6.92 Å². The Morgan fingerprint density at radius 3 is 2.32 bits per heavy atom. The zero-order valence-corrected chi connectivity index (χ0v) is 18.9. The summed E-state index contributed by atoms with van der Waals surface area (Å²) < 4.78 is 41.0. The zero-order valence-electron chi connectivity index (χ0n) is 18.1. The number of benzene rings is 2. The van der Waals surface area contributed by atoms with Crippen molar-refractivity contribution in [2.75, 3.05) is 37.5 Å². The van der Waals surface area contributed by atoms with Crippen molar-refractivity contribution in [1.29, 1.82) is 0 Å². The van der Waals surface area contributed by atoms with Crippen LogP contribution in [0, 0.1) is 18.7 Å². The number of hydrogen-bond donors (Lipinski definition) is 1. The number of nitrogens with zero attached hydrogens (tertiary/aromatic N) is 2. The Bertz CT molecular complexity index is 970. The Labute approximate surface area is 184 Å². The van der Waals surface area contributed by atoms with Gasteiger partial charge in [0.1, 0.15) is 12.4 Å². The number of rotatable bonds is 8. The molecule has 1 N–H and O–H groups in total. The second kappa shape index (κ2) is 10.2. The summed E-state index contributed by atoms with van der Waals surface area (Å²) in [4.78, 5) is 15.0. The molecule has 0 unspecified atom stereocenters. The van der Waals surface area contributed by atoms with Gasteiger partial charge in [-0.1, -0.05) is 17.7 Å². The minimum absolute atomic E-state index is 0.0848. The molecule has 0 saturated carbocycles. The molecular weight excluding hydrogens is 417 g/mol. The molecular formula is C23H30FN3O3S. The van der Waals surface area contributed by atoms with Gasteiger partial charge < -0.3 is 10.2 Å². The van der Waals surface area contributed by atoms with Gasteiger partial charge in [0.25, 0.3) is 10.0 Å². The summed E-state index contributed by atoms with van der Waals surface area (Å²) in [5.74, 6) is -0.284. The lowest BCUT2D eigenvalue weighted by molar-refractivity contribution is -0.119. The van der Waals surface area contributed by atoms with Crippen LogP contribution in [0.1, 0.15) is 24.8 Å². The normalized spacial score (nSPS) is 15.6. The maximum atomic E-state index is 13.4. The molecule has 0 aliphatic carbocycles. The lowest BCUT2D eigenvalue weighted by Crippen LogP contribution is -2.41. The van der Waals surface area contributed by atoms with Crippen LogP contribution in [0.4, 0.5) is 10.1 Å². The number of carbonyl (C=O) groups excluding carboxylic acids is 1. The molecule has 0 spiro atoms. The number of anilines is 1. The molecule has 0 atom stereocenters. The first-order chi connectivity index (χ1) is 14.8. The van der Waals surface area contributed by atoms with E-state index >= 15 is 0 Å². The van der Waals surface area contributed by atoms with E-state index in [-0.39, 0.29) is 23.0 Å². The fourth-order valence-corrected chi connectivity index (χ4v) is 5.13. The third-order valence-electron chi connectivity index (χ3n) is 5.72. The Morgan fingerprint density at radius 2 is 1.71 bits per heavy atom. The van der Waals surface area contributed by atoms with Gasteiger partial charge in [0, 0.05) is 6.54 Å². The molecule has 8 heteroatoms. The van der Waals surface area contributed by atoms with Gasteiger partial charge in [0.05, 0.1) is 10.6 Å². The van der Waals surface area contributed by atoms with Crippen molar-refractivity contribution in [2.45, 2.75) is 31.1 Å². The molecule has 0 radical (unpaired) electrons. The maximum absolute atomic E-state index is 13.4. The molecule has 31 heavy (non-hydrogen) atoms. The number of hydrogen-bond acceptors (Lipinski definition) is 4. The van der Waals surface area contributed by atoms with Crippen LogP contribution >= 0.6 is 0 Å². The topological polar surface area (TPSA) is 69.7 Å². The van der Waals surface area contributed by atoms with Gasteiger partial charge in [-0.2, -0.15) is 0 Å². The van der Waals surface area contributed by atoms with E-state index in [0.717, 1.165) is 42.2 Å². The Hall–Kier alpha value is -2.45. The maximum Gasteiger partial charge on any atom is 0.264 e. The van der Waals surface area contributed by atoms with Crippen LogP contribution in [0.15, 0.2) is 53.4 Å². The minimum Gasteiger partial charge on any atom is -0.355 e. The number of nitrogens with one attached hydrogen (secondary N) is 1. The van der Waals surface area contributed by atoms with Gasteiger partial charge >= 0.3 is 0 Å². The molecule has 1 heterocycles. The molecule has 168 valence electrons. The van der Waals surface area contributed by atoms with Gasteiger partial charge in [-0.25, -0.2) is 12.8 Å². The molecule has 1 saturated heterocycles. The molecule has 1 aliphatic heterocycles. The molecule has 1 fully saturated rings. The van der Waals surface area contributed by atoms with E-state index in [9.17, 15) is 17.6 Å². The number of amides is 1. The third-order valence-corrected chi connectivity index (χ3v) is 7.51. The van der Waals surface area contributed by atoms with E-state index in [1.165, 1.54) is 36.4 Å². The molecule has 0 aromatic heterocycles. The number of sulfonamides is 1. The van der Waals surface area contributed by atoms with Crippen molar-refractivity contribution in [2.24, 2.45) is 5.92 Å². The molecule has 2 aromatic carbocycles. The van der Waals surface area contributed by atoms with Crippen molar-refractivity contribution in [3.05, 3.63) is 59.9 Å². The van der Waals surface area contributed by atoms with Gasteiger partial charge in [-0.15, -0.1) is 0 Å². The van der Waals surface area contributed by atoms with Crippen molar-refractivity contribution in [3.63, 3.8) is 0 Å². The lowest BCUT2D eigenvalue weighted by Gasteiger charge is -2.29. The van der Waals surface area contributed by atoms with Gasteiger partial charge in [0.2, 0.25) is 5.91 Å². The Kier molecular flexibility index (Phi) is 7.67. The molecule has 2 aromatic rings.